The maximum Gasteiger partial charge on any atom is 0.265 e. The third-order valence-electron chi connectivity index (χ3n) is 4.30. The van der Waals surface area contributed by atoms with Crippen molar-refractivity contribution >= 4 is 28.9 Å². The highest BCUT2D eigenvalue weighted by molar-refractivity contribution is 6.30. The summed E-state index contributed by atoms with van der Waals surface area (Å²) in [5, 5.41) is 3.57. The van der Waals surface area contributed by atoms with Crippen molar-refractivity contribution in [3.63, 3.8) is 0 Å². The molecule has 26 heavy (non-hydrogen) atoms. The van der Waals surface area contributed by atoms with Crippen LogP contribution in [0.25, 0.3) is 0 Å². The first kappa shape index (κ1) is 18.5. The highest BCUT2D eigenvalue weighted by atomic mass is 35.5. The number of rotatable bonds is 5. The molecule has 0 radical (unpaired) electrons. The van der Waals surface area contributed by atoms with Crippen LogP contribution in [0, 0.1) is 6.92 Å². The van der Waals surface area contributed by atoms with Gasteiger partial charge in [0.05, 0.1) is 13.2 Å². The minimum atomic E-state index is -0.623. The molecule has 3 rings (SSSR count). The first-order chi connectivity index (χ1) is 12.5. The molecule has 1 saturated heterocycles. The van der Waals surface area contributed by atoms with Crippen LogP contribution in [-0.4, -0.2) is 38.3 Å². The minimum Gasteiger partial charge on any atom is -0.481 e. The summed E-state index contributed by atoms with van der Waals surface area (Å²) in [6.45, 7) is 6.79. The second-order valence-corrected chi connectivity index (χ2v) is 6.75. The minimum absolute atomic E-state index is 0.196. The molecule has 138 valence electrons. The molecule has 0 spiro atoms. The topological polar surface area (TPSA) is 50.8 Å². The summed E-state index contributed by atoms with van der Waals surface area (Å²) in [6, 6.07) is 13.2. The molecular weight excluding hydrogens is 352 g/mol. The van der Waals surface area contributed by atoms with Crippen molar-refractivity contribution in [2.45, 2.75) is 20.0 Å². The number of amides is 1. The monoisotopic (exact) mass is 374 g/mol. The van der Waals surface area contributed by atoms with Crippen molar-refractivity contribution < 1.29 is 14.3 Å². The number of anilines is 2. The predicted octanol–water partition coefficient (Wildman–Crippen LogP) is 3.89. The highest BCUT2D eigenvalue weighted by Gasteiger charge is 2.17. The summed E-state index contributed by atoms with van der Waals surface area (Å²) in [7, 11) is 0. The fraction of sp³-hybridized carbons (Fsp3) is 0.350. The Labute approximate surface area is 158 Å². The van der Waals surface area contributed by atoms with Gasteiger partial charge in [-0.15, -0.1) is 0 Å². The maximum atomic E-state index is 12.5. The smallest absolute Gasteiger partial charge is 0.265 e. The zero-order valence-electron chi connectivity index (χ0n) is 15.0. The van der Waals surface area contributed by atoms with Gasteiger partial charge in [-0.25, -0.2) is 0 Å². The highest BCUT2D eigenvalue weighted by Crippen LogP contribution is 2.24. The van der Waals surface area contributed by atoms with Crippen LogP contribution in [0.15, 0.2) is 42.5 Å². The van der Waals surface area contributed by atoms with Gasteiger partial charge in [0.2, 0.25) is 0 Å². The van der Waals surface area contributed by atoms with Crippen molar-refractivity contribution in [2.75, 3.05) is 36.5 Å². The molecule has 6 heteroatoms. The lowest BCUT2D eigenvalue weighted by atomic mass is 10.2. The van der Waals surface area contributed by atoms with Crippen LogP contribution in [0.2, 0.25) is 5.02 Å². The second kappa shape index (κ2) is 8.43. The van der Waals surface area contributed by atoms with E-state index < -0.39 is 6.10 Å². The first-order valence-electron chi connectivity index (χ1n) is 8.69. The molecule has 2 aromatic carbocycles. The van der Waals surface area contributed by atoms with Crippen molar-refractivity contribution in [3.8, 4) is 5.75 Å². The number of carbonyl (C=O) groups excluding carboxylic acids is 1. The van der Waals surface area contributed by atoms with E-state index in [0.717, 1.165) is 43.2 Å². The largest absolute Gasteiger partial charge is 0.481 e. The summed E-state index contributed by atoms with van der Waals surface area (Å²) in [6.07, 6.45) is -0.623. The fourth-order valence-electron chi connectivity index (χ4n) is 2.83. The van der Waals surface area contributed by atoms with Crippen molar-refractivity contribution in [3.05, 3.63) is 53.1 Å². The van der Waals surface area contributed by atoms with E-state index in [1.165, 1.54) is 0 Å². The van der Waals surface area contributed by atoms with E-state index in [1.54, 1.807) is 19.1 Å². The van der Waals surface area contributed by atoms with Crippen LogP contribution in [0.3, 0.4) is 0 Å². The van der Waals surface area contributed by atoms with Crippen LogP contribution < -0.4 is 15.0 Å². The van der Waals surface area contributed by atoms with E-state index in [-0.39, 0.29) is 5.91 Å². The van der Waals surface area contributed by atoms with Crippen LogP contribution in [0.5, 0.6) is 5.75 Å². The van der Waals surface area contributed by atoms with Gasteiger partial charge in [-0.2, -0.15) is 0 Å². The molecule has 1 aliphatic heterocycles. The first-order valence-corrected chi connectivity index (χ1v) is 9.07. The number of halogens is 1. The number of benzene rings is 2. The number of ether oxygens (including phenoxy) is 2. The van der Waals surface area contributed by atoms with Crippen LogP contribution in [-0.2, 0) is 9.53 Å². The molecule has 1 aliphatic rings. The van der Waals surface area contributed by atoms with Gasteiger partial charge in [-0.3, -0.25) is 4.79 Å². The van der Waals surface area contributed by atoms with Crippen molar-refractivity contribution in [1.29, 1.82) is 0 Å². The SMILES string of the molecule is Cc1cc(Cl)ccc1OC(C)C(=O)Nc1cccc(N2CCOCC2)c1. The van der Waals surface area contributed by atoms with Gasteiger partial charge in [-0.1, -0.05) is 17.7 Å². The van der Waals surface area contributed by atoms with Crippen molar-refractivity contribution in [1.82, 2.24) is 0 Å². The fourth-order valence-corrected chi connectivity index (χ4v) is 3.06. The third kappa shape index (κ3) is 4.68. The number of carbonyl (C=O) groups is 1. The molecule has 0 aliphatic carbocycles. The lowest BCUT2D eigenvalue weighted by Gasteiger charge is -2.29. The molecule has 1 amide bonds. The van der Waals surface area contributed by atoms with Gasteiger partial charge in [0, 0.05) is 29.5 Å². The zero-order valence-corrected chi connectivity index (χ0v) is 15.8. The van der Waals surface area contributed by atoms with E-state index in [2.05, 4.69) is 10.2 Å². The Balaban J connectivity index is 1.63. The van der Waals surface area contributed by atoms with E-state index in [9.17, 15) is 4.79 Å². The Kier molecular flexibility index (Phi) is 6.01. The summed E-state index contributed by atoms with van der Waals surface area (Å²) < 4.78 is 11.2. The Bertz CT molecular complexity index is 775. The van der Waals surface area contributed by atoms with E-state index in [0.29, 0.717) is 10.8 Å². The number of hydrogen-bond acceptors (Lipinski definition) is 4. The number of morpholine rings is 1. The Hall–Kier alpha value is -2.24. The lowest BCUT2D eigenvalue weighted by molar-refractivity contribution is -0.122. The third-order valence-corrected chi connectivity index (χ3v) is 4.53. The molecule has 5 nitrogen and oxygen atoms in total. The van der Waals surface area contributed by atoms with E-state index in [1.807, 2.05) is 37.3 Å². The normalized spacial score (nSPS) is 15.4. The zero-order chi connectivity index (χ0) is 18.5. The lowest BCUT2D eigenvalue weighted by Crippen LogP contribution is -2.36. The number of nitrogens with zero attached hydrogens (tertiary/aromatic N) is 1. The average molecular weight is 375 g/mol. The molecule has 0 aromatic heterocycles. The van der Waals surface area contributed by atoms with Crippen molar-refractivity contribution in [2.24, 2.45) is 0 Å². The molecule has 1 fully saturated rings. The van der Waals surface area contributed by atoms with Gasteiger partial charge in [0.25, 0.3) is 5.91 Å². The Morgan fingerprint density at radius 1 is 1.23 bits per heavy atom. The molecule has 1 heterocycles. The molecule has 1 N–H and O–H groups in total. The molecule has 2 aromatic rings. The maximum absolute atomic E-state index is 12.5. The standard InChI is InChI=1S/C20H23ClN2O3/c1-14-12-16(21)6-7-19(14)26-15(2)20(24)22-17-4-3-5-18(13-17)23-8-10-25-11-9-23/h3-7,12-13,15H,8-11H2,1-2H3,(H,22,24). The Morgan fingerprint density at radius 3 is 2.73 bits per heavy atom. The molecule has 1 atom stereocenters. The predicted molar refractivity (Wildman–Crippen MR) is 104 cm³/mol. The van der Waals surface area contributed by atoms with Crippen LogP contribution in [0.4, 0.5) is 11.4 Å². The van der Waals surface area contributed by atoms with Gasteiger partial charge in [-0.05, 0) is 55.8 Å². The number of nitrogens with one attached hydrogen (secondary N) is 1. The summed E-state index contributed by atoms with van der Waals surface area (Å²) >= 11 is 5.96. The van der Waals surface area contributed by atoms with Gasteiger partial charge >= 0.3 is 0 Å². The molecule has 0 saturated carbocycles. The quantitative estimate of drug-likeness (QED) is 0.862. The molecular formula is C20H23ClN2O3. The average Bonchev–Trinajstić information content (AvgIpc) is 2.65. The summed E-state index contributed by atoms with van der Waals surface area (Å²) in [4.78, 5) is 14.7. The summed E-state index contributed by atoms with van der Waals surface area (Å²) in [5.74, 6) is 0.456. The van der Waals surface area contributed by atoms with E-state index in [4.69, 9.17) is 21.1 Å². The van der Waals surface area contributed by atoms with E-state index >= 15 is 0 Å². The van der Waals surface area contributed by atoms with Gasteiger partial charge < -0.3 is 19.7 Å². The summed E-state index contributed by atoms with van der Waals surface area (Å²) in [5.41, 5.74) is 2.72. The van der Waals surface area contributed by atoms with Gasteiger partial charge in [0.1, 0.15) is 5.75 Å². The molecule has 0 bridgehead atoms. The van der Waals surface area contributed by atoms with Crippen LogP contribution in [0.1, 0.15) is 12.5 Å². The number of aryl methyl sites for hydroxylation is 1. The van der Waals surface area contributed by atoms with Crippen LogP contribution >= 0.6 is 11.6 Å². The Morgan fingerprint density at radius 2 is 2.00 bits per heavy atom. The molecule has 1 unspecified atom stereocenters. The second-order valence-electron chi connectivity index (χ2n) is 6.31. The van der Waals surface area contributed by atoms with Gasteiger partial charge in [0.15, 0.2) is 6.10 Å². The number of hydrogen-bond donors (Lipinski definition) is 1.